The number of esters is 1. The molecule has 0 saturated heterocycles. The highest BCUT2D eigenvalue weighted by Gasteiger charge is 2.37. The van der Waals surface area contributed by atoms with E-state index in [1.807, 2.05) is 90.3 Å². The molecule has 0 heterocycles. The van der Waals surface area contributed by atoms with Crippen molar-refractivity contribution in [1.82, 2.24) is 0 Å². The summed E-state index contributed by atoms with van der Waals surface area (Å²) in [5.74, 6) is 1.57. The van der Waals surface area contributed by atoms with Gasteiger partial charge in [0.2, 0.25) is 0 Å². The number of thioether (sulfide) groups is 2. The number of carbonyl (C=O) groups excluding carboxylic acids is 1. The highest BCUT2D eigenvalue weighted by atomic mass is 32.2. The predicted molar refractivity (Wildman–Crippen MR) is 175 cm³/mol. The molecule has 0 fully saturated rings. The molecule has 0 aromatic heterocycles. The highest BCUT2D eigenvalue weighted by molar-refractivity contribution is 8.17. The minimum absolute atomic E-state index is 0.101. The Hall–Kier alpha value is -2.55. The minimum Gasteiger partial charge on any atom is -0.466 e. The number of rotatable bonds is 20. The second kappa shape index (κ2) is 20.4. The van der Waals surface area contributed by atoms with Gasteiger partial charge in [-0.3, -0.25) is 0 Å². The molecule has 0 aliphatic heterocycles. The van der Waals surface area contributed by atoms with Crippen LogP contribution in [0.25, 0.3) is 0 Å². The third-order valence-electron chi connectivity index (χ3n) is 6.37. The summed E-state index contributed by atoms with van der Waals surface area (Å²) in [7, 11) is 1.38. The van der Waals surface area contributed by atoms with Crippen LogP contribution in [0.1, 0.15) is 43.4 Å². The number of benzene rings is 3. The zero-order valence-electron chi connectivity index (χ0n) is 24.9. The lowest BCUT2D eigenvalue weighted by atomic mass is 10.1. The van der Waals surface area contributed by atoms with Gasteiger partial charge in [-0.2, -0.15) is 0 Å². The fourth-order valence-corrected chi connectivity index (χ4v) is 6.96. The Morgan fingerprint density at radius 1 is 0.667 bits per heavy atom. The summed E-state index contributed by atoms with van der Waals surface area (Å²) < 4.78 is 25.1. The van der Waals surface area contributed by atoms with Crippen LogP contribution in [0.4, 0.5) is 0 Å². The van der Waals surface area contributed by atoms with E-state index in [9.17, 15) is 4.79 Å². The third kappa shape index (κ3) is 12.4. The van der Waals surface area contributed by atoms with Gasteiger partial charge >= 0.3 is 5.97 Å². The molecule has 3 aromatic carbocycles. The summed E-state index contributed by atoms with van der Waals surface area (Å²) in [5, 5.41) is 0. The Bertz CT molecular complexity index is 1140. The fourth-order valence-electron chi connectivity index (χ4n) is 4.21. The average molecular weight is 609 g/mol. The first-order valence-electron chi connectivity index (χ1n) is 14.6. The van der Waals surface area contributed by atoms with Crippen LogP contribution in [-0.2, 0) is 43.6 Å². The Labute approximate surface area is 260 Å². The molecule has 7 heteroatoms. The van der Waals surface area contributed by atoms with Crippen molar-refractivity contribution in [2.45, 2.75) is 69.4 Å². The molecular weight excluding hydrogens is 565 g/mol. The standard InChI is InChI=1S/C35H44O5S2/c1-4-23-41-35(42-24-5-2)34(40-27-30-19-13-8-14-20-30)33(39-26-29-17-11-7-12-18-29)31(21-22-32(36)37-3)38-25-28-15-9-6-10-16-28/h6-22,31,33-35H,4-5,23-27H2,1-3H3/b22-21-/t31-,33-,34+/m0/s1. The van der Waals surface area contributed by atoms with Crippen LogP contribution < -0.4 is 0 Å². The van der Waals surface area contributed by atoms with Crippen LogP contribution in [0.5, 0.6) is 0 Å². The van der Waals surface area contributed by atoms with Gasteiger partial charge in [0.25, 0.3) is 0 Å². The van der Waals surface area contributed by atoms with Crippen LogP contribution in [-0.4, -0.2) is 47.5 Å². The van der Waals surface area contributed by atoms with Crippen LogP contribution in [0.3, 0.4) is 0 Å². The van der Waals surface area contributed by atoms with Crippen molar-refractivity contribution < 1.29 is 23.7 Å². The molecule has 0 aliphatic carbocycles. The molecule has 0 N–H and O–H groups in total. The van der Waals surface area contributed by atoms with Crippen LogP contribution in [0.15, 0.2) is 103 Å². The SMILES string of the molecule is CCCSC(SCCC)[C@H](OCc1ccccc1)[C@@H](OCc1ccccc1)[C@H](/C=C\C(=O)OC)OCc1ccccc1. The van der Waals surface area contributed by atoms with Gasteiger partial charge in [-0.1, -0.05) is 105 Å². The molecule has 0 unspecified atom stereocenters. The number of carbonyl (C=O) groups is 1. The summed E-state index contributed by atoms with van der Waals surface area (Å²) in [6.07, 6.45) is 3.91. The Morgan fingerprint density at radius 3 is 1.52 bits per heavy atom. The molecule has 5 nitrogen and oxygen atoms in total. The third-order valence-corrected chi connectivity index (χ3v) is 9.67. The molecule has 226 valence electrons. The topological polar surface area (TPSA) is 54.0 Å². The summed E-state index contributed by atoms with van der Waals surface area (Å²) in [6.45, 7) is 5.59. The maximum Gasteiger partial charge on any atom is 0.330 e. The van der Waals surface area contributed by atoms with E-state index < -0.39 is 18.2 Å². The zero-order chi connectivity index (χ0) is 29.8. The Morgan fingerprint density at radius 2 is 1.10 bits per heavy atom. The van der Waals surface area contributed by atoms with Gasteiger partial charge in [0.1, 0.15) is 18.3 Å². The molecule has 0 bridgehead atoms. The van der Waals surface area contributed by atoms with Crippen molar-refractivity contribution in [2.75, 3.05) is 18.6 Å². The summed E-state index contributed by atoms with van der Waals surface area (Å²) in [6, 6.07) is 30.4. The lowest BCUT2D eigenvalue weighted by molar-refractivity contribution is -0.137. The fraction of sp³-hybridized carbons (Fsp3) is 0.400. The number of hydrogen-bond donors (Lipinski definition) is 0. The monoisotopic (exact) mass is 608 g/mol. The molecule has 0 radical (unpaired) electrons. The largest absolute Gasteiger partial charge is 0.466 e. The van der Waals surface area contributed by atoms with Crippen molar-refractivity contribution in [2.24, 2.45) is 0 Å². The van der Waals surface area contributed by atoms with Gasteiger partial charge in [0.05, 0.1) is 31.5 Å². The molecule has 0 aliphatic rings. The van der Waals surface area contributed by atoms with Crippen LogP contribution >= 0.6 is 23.5 Å². The molecule has 0 saturated carbocycles. The maximum atomic E-state index is 12.2. The van der Waals surface area contributed by atoms with E-state index in [0.29, 0.717) is 19.8 Å². The van der Waals surface area contributed by atoms with Crippen molar-refractivity contribution in [3.63, 3.8) is 0 Å². The average Bonchev–Trinajstić information content (AvgIpc) is 3.04. The lowest BCUT2D eigenvalue weighted by Gasteiger charge is -2.36. The molecule has 0 spiro atoms. The first-order chi connectivity index (χ1) is 20.6. The molecular formula is C35H44O5S2. The van der Waals surface area contributed by atoms with Gasteiger partial charge in [-0.25, -0.2) is 4.79 Å². The van der Waals surface area contributed by atoms with Crippen LogP contribution in [0, 0.1) is 0 Å². The first kappa shape index (κ1) is 33.9. The summed E-state index contributed by atoms with van der Waals surface area (Å²) in [5.41, 5.74) is 3.19. The maximum absolute atomic E-state index is 12.2. The van der Waals surface area contributed by atoms with Gasteiger partial charge in [-0.05, 0) is 47.1 Å². The first-order valence-corrected chi connectivity index (χ1v) is 16.7. The number of ether oxygens (including phenoxy) is 4. The van der Waals surface area contributed by atoms with E-state index >= 15 is 0 Å². The van der Waals surface area contributed by atoms with Gasteiger partial charge in [0.15, 0.2) is 0 Å². The number of hydrogen-bond acceptors (Lipinski definition) is 7. The van der Waals surface area contributed by atoms with Gasteiger partial charge < -0.3 is 18.9 Å². The molecule has 42 heavy (non-hydrogen) atoms. The van der Waals surface area contributed by atoms with E-state index in [1.165, 1.54) is 13.2 Å². The van der Waals surface area contributed by atoms with E-state index in [0.717, 1.165) is 41.0 Å². The molecule has 3 aromatic rings. The van der Waals surface area contributed by atoms with Crippen molar-refractivity contribution in [3.8, 4) is 0 Å². The van der Waals surface area contributed by atoms with E-state index in [4.69, 9.17) is 18.9 Å². The van der Waals surface area contributed by atoms with Crippen LogP contribution in [0.2, 0.25) is 0 Å². The Kier molecular flexibility index (Phi) is 16.5. The minimum atomic E-state index is -0.569. The summed E-state index contributed by atoms with van der Waals surface area (Å²) in [4.78, 5) is 12.2. The summed E-state index contributed by atoms with van der Waals surface area (Å²) >= 11 is 3.80. The van der Waals surface area contributed by atoms with Gasteiger partial charge in [-0.15, -0.1) is 23.5 Å². The number of methoxy groups -OCH3 is 1. The second-order valence-corrected chi connectivity index (χ2v) is 12.6. The smallest absolute Gasteiger partial charge is 0.330 e. The van der Waals surface area contributed by atoms with Crippen molar-refractivity contribution in [1.29, 1.82) is 0 Å². The molecule has 3 rings (SSSR count). The van der Waals surface area contributed by atoms with Crippen molar-refractivity contribution in [3.05, 3.63) is 120 Å². The quantitative estimate of drug-likeness (QED) is 0.0730. The lowest BCUT2D eigenvalue weighted by Crippen LogP contribution is -2.46. The molecule has 3 atom stereocenters. The highest BCUT2D eigenvalue weighted by Crippen LogP contribution is 2.35. The van der Waals surface area contributed by atoms with E-state index in [2.05, 4.69) is 38.1 Å². The zero-order valence-corrected chi connectivity index (χ0v) is 26.6. The normalized spacial score (nSPS) is 13.7. The predicted octanol–water partition coefficient (Wildman–Crippen LogP) is 8.08. The second-order valence-electron chi connectivity index (χ2n) is 9.78. The van der Waals surface area contributed by atoms with Gasteiger partial charge in [0, 0.05) is 6.08 Å². The van der Waals surface area contributed by atoms with E-state index in [-0.39, 0.29) is 10.7 Å². The van der Waals surface area contributed by atoms with Crippen molar-refractivity contribution >= 4 is 29.5 Å². The van der Waals surface area contributed by atoms with E-state index in [1.54, 1.807) is 6.08 Å². The Balaban J connectivity index is 2.01. The molecule has 0 amide bonds.